The molecule has 1 atom stereocenters. The predicted molar refractivity (Wildman–Crippen MR) is 159 cm³/mol. The molecule has 0 spiro atoms. The Morgan fingerprint density at radius 3 is 2.02 bits per heavy atom. The number of likely N-dealkylation sites (tertiary alicyclic amines) is 2. The van der Waals surface area contributed by atoms with Gasteiger partial charge in [-0.3, -0.25) is 9.69 Å². The smallest absolute Gasteiger partial charge is 0.234 e. The molecule has 3 aromatic carbocycles. The minimum absolute atomic E-state index is 0.0612. The number of amides is 1. The van der Waals surface area contributed by atoms with Crippen LogP contribution in [-0.4, -0.2) is 79.6 Å². The van der Waals surface area contributed by atoms with Crippen molar-refractivity contribution in [2.24, 2.45) is 0 Å². The lowest BCUT2D eigenvalue weighted by Crippen LogP contribution is -2.47. The Morgan fingerprint density at radius 2 is 1.49 bits per heavy atom. The average molecular weight is 560 g/mol. The fourth-order valence-corrected chi connectivity index (χ4v) is 5.84. The highest BCUT2D eigenvalue weighted by atomic mass is 19.1. The first kappa shape index (κ1) is 29.0. The molecule has 1 amide bonds. The summed E-state index contributed by atoms with van der Waals surface area (Å²) >= 11 is 0. The Morgan fingerprint density at radius 1 is 0.902 bits per heavy atom. The van der Waals surface area contributed by atoms with Crippen LogP contribution >= 0.6 is 0 Å². The summed E-state index contributed by atoms with van der Waals surface area (Å²) in [7, 11) is 3.97. The van der Waals surface area contributed by atoms with Gasteiger partial charge in [0.15, 0.2) is 0 Å². The number of nitrogens with zero attached hydrogens (tertiary/aromatic N) is 3. The molecule has 2 aliphatic heterocycles. The van der Waals surface area contributed by atoms with Gasteiger partial charge in [0.25, 0.3) is 0 Å². The van der Waals surface area contributed by atoms with Gasteiger partial charge in [-0.2, -0.15) is 0 Å². The molecule has 5 rings (SSSR count). The SMILES string of the molecule is CN1CC[C@@H](Oc2ccc(/C=C/CN3CCC(N(C)C(=O)C(c4ccc(F)cc4)c4ccc(F)cc4)CC3)cc2)C1. The minimum Gasteiger partial charge on any atom is -0.489 e. The van der Waals surface area contributed by atoms with Crippen molar-refractivity contribution < 1.29 is 18.3 Å². The number of ether oxygens (including phenoxy) is 1. The van der Waals surface area contributed by atoms with E-state index in [1.807, 2.05) is 24.1 Å². The standard InChI is InChI=1S/C34H39F2N3O2/c1-37-21-19-32(24-37)41-31-15-5-25(6-16-31)4-3-20-39-22-17-30(18-23-39)38(2)34(40)33(26-7-11-28(35)12-8-26)27-9-13-29(36)14-10-27/h3-16,30,32-33H,17-24H2,1-2H3/b4-3+/t32-/m1/s1. The number of likely N-dealkylation sites (N-methyl/N-ethyl adjacent to an activating group) is 2. The first-order valence-electron chi connectivity index (χ1n) is 14.5. The molecule has 216 valence electrons. The minimum atomic E-state index is -0.613. The molecular weight excluding hydrogens is 520 g/mol. The van der Waals surface area contributed by atoms with E-state index >= 15 is 0 Å². The van der Waals surface area contributed by atoms with Crippen molar-refractivity contribution in [3.63, 3.8) is 0 Å². The van der Waals surface area contributed by atoms with E-state index in [-0.39, 0.29) is 29.7 Å². The molecule has 41 heavy (non-hydrogen) atoms. The van der Waals surface area contributed by atoms with Crippen LogP contribution in [0.4, 0.5) is 8.78 Å². The summed E-state index contributed by atoms with van der Waals surface area (Å²) in [6, 6.07) is 20.4. The Labute approximate surface area is 242 Å². The molecule has 3 aromatic rings. The molecule has 2 saturated heterocycles. The fourth-order valence-electron chi connectivity index (χ4n) is 5.84. The average Bonchev–Trinajstić information content (AvgIpc) is 3.40. The normalized spacial score (nSPS) is 18.8. The lowest BCUT2D eigenvalue weighted by molar-refractivity contribution is -0.133. The van der Waals surface area contributed by atoms with Crippen molar-refractivity contribution in [3.05, 3.63) is 107 Å². The third-order valence-electron chi connectivity index (χ3n) is 8.31. The summed E-state index contributed by atoms with van der Waals surface area (Å²) in [6.45, 7) is 4.71. The van der Waals surface area contributed by atoms with Crippen LogP contribution in [0.3, 0.4) is 0 Å². The number of rotatable bonds is 9. The van der Waals surface area contributed by atoms with E-state index < -0.39 is 5.92 Å². The Balaban J connectivity index is 1.13. The van der Waals surface area contributed by atoms with Gasteiger partial charge in [0.1, 0.15) is 23.5 Å². The van der Waals surface area contributed by atoms with Crippen molar-refractivity contribution >= 4 is 12.0 Å². The number of hydrogen-bond donors (Lipinski definition) is 0. The highest BCUT2D eigenvalue weighted by Crippen LogP contribution is 2.29. The number of carbonyl (C=O) groups excluding carboxylic acids is 1. The zero-order valence-electron chi connectivity index (χ0n) is 23.9. The van der Waals surface area contributed by atoms with Crippen LogP contribution in [-0.2, 0) is 4.79 Å². The molecule has 2 fully saturated rings. The Bertz CT molecular complexity index is 1260. The van der Waals surface area contributed by atoms with Crippen molar-refractivity contribution in [3.8, 4) is 5.75 Å². The quantitative estimate of drug-likeness (QED) is 0.331. The Hall–Kier alpha value is -3.55. The summed E-state index contributed by atoms with van der Waals surface area (Å²) in [5, 5.41) is 0. The van der Waals surface area contributed by atoms with Gasteiger partial charge in [-0.25, -0.2) is 8.78 Å². The summed E-state index contributed by atoms with van der Waals surface area (Å²) in [6.07, 6.45) is 7.43. The maximum Gasteiger partial charge on any atom is 0.234 e. The van der Waals surface area contributed by atoms with Crippen LogP contribution < -0.4 is 4.74 Å². The second-order valence-corrected chi connectivity index (χ2v) is 11.3. The molecule has 0 bridgehead atoms. The van der Waals surface area contributed by atoms with Crippen LogP contribution in [0.5, 0.6) is 5.75 Å². The van der Waals surface area contributed by atoms with Gasteiger partial charge in [0, 0.05) is 45.8 Å². The molecule has 2 aliphatic rings. The molecule has 0 unspecified atom stereocenters. The van der Waals surface area contributed by atoms with Crippen LogP contribution in [0.15, 0.2) is 78.9 Å². The number of halogens is 2. The third-order valence-corrected chi connectivity index (χ3v) is 8.31. The highest BCUT2D eigenvalue weighted by molar-refractivity contribution is 5.87. The molecular formula is C34H39F2N3O2. The maximum absolute atomic E-state index is 13.8. The largest absolute Gasteiger partial charge is 0.489 e. The molecule has 0 aliphatic carbocycles. The van der Waals surface area contributed by atoms with Crippen molar-refractivity contribution in [1.29, 1.82) is 0 Å². The Kier molecular flexibility index (Phi) is 9.47. The van der Waals surface area contributed by atoms with Crippen LogP contribution in [0.2, 0.25) is 0 Å². The second-order valence-electron chi connectivity index (χ2n) is 11.3. The summed E-state index contributed by atoms with van der Waals surface area (Å²) in [5.74, 6) is -0.462. The fraction of sp³-hybridized carbons (Fsp3) is 0.382. The van der Waals surface area contributed by atoms with Gasteiger partial charge in [-0.05, 0) is 79.4 Å². The molecule has 7 heteroatoms. The maximum atomic E-state index is 13.8. The summed E-state index contributed by atoms with van der Waals surface area (Å²) < 4.78 is 33.3. The molecule has 0 saturated carbocycles. The van der Waals surface area contributed by atoms with Crippen LogP contribution in [0.25, 0.3) is 6.08 Å². The first-order valence-corrected chi connectivity index (χ1v) is 14.5. The molecule has 0 radical (unpaired) electrons. The summed E-state index contributed by atoms with van der Waals surface area (Å²) in [5.41, 5.74) is 2.54. The molecule has 0 aromatic heterocycles. The topological polar surface area (TPSA) is 36.0 Å². The third kappa shape index (κ3) is 7.60. The molecule has 0 N–H and O–H groups in total. The predicted octanol–water partition coefficient (Wildman–Crippen LogP) is 5.82. The first-order chi connectivity index (χ1) is 19.9. The van der Waals surface area contributed by atoms with Gasteiger partial charge in [-0.1, -0.05) is 48.6 Å². The lowest BCUT2D eigenvalue weighted by Gasteiger charge is -2.38. The van der Waals surface area contributed by atoms with Gasteiger partial charge in [0.05, 0.1) is 5.92 Å². The van der Waals surface area contributed by atoms with Crippen molar-refractivity contribution in [2.45, 2.75) is 37.3 Å². The van der Waals surface area contributed by atoms with Crippen LogP contribution in [0.1, 0.15) is 41.9 Å². The van der Waals surface area contributed by atoms with E-state index in [2.05, 4.69) is 41.1 Å². The number of hydrogen-bond acceptors (Lipinski definition) is 4. The van der Waals surface area contributed by atoms with Gasteiger partial charge < -0.3 is 14.5 Å². The van der Waals surface area contributed by atoms with E-state index in [0.717, 1.165) is 63.3 Å². The zero-order chi connectivity index (χ0) is 28.8. The lowest BCUT2D eigenvalue weighted by atomic mass is 9.89. The van der Waals surface area contributed by atoms with Crippen molar-refractivity contribution in [1.82, 2.24) is 14.7 Å². The van der Waals surface area contributed by atoms with E-state index in [0.29, 0.717) is 11.1 Å². The van der Waals surface area contributed by atoms with Crippen molar-refractivity contribution in [2.75, 3.05) is 46.8 Å². The van der Waals surface area contributed by atoms with Gasteiger partial charge >= 0.3 is 0 Å². The van der Waals surface area contributed by atoms with Crippen LogP contribution in [0, 0.1) is 11.6 Å². The highest BCUT2D eigenvalue weighted by Gasteiger charge is 2.31. The second kappa shape index (κ2) is 13.4. The zero-order valence-corrected chi connectivity index (χ0v) is 23.9. The number of piperidine rings is 1. The van der Waals surface area contributed by atoms with E-state index in [1.165, 1.54) is 24.3 Å². The van der Waals surface area contributed by atoms with E-state index in [1.54, 1.807) is 24.3 Å². The number of carbonyl (C=O) groups is 1. The summed E-state index contributed by atoms with van der Waals surface area (Å²) in [4.78, 5) is 20.3. The van der Waals surface area contributed by atoms with Gasteiger partial charge in [0.2, 0.25) is 5.91 Å². The number of benzene rings is 3. The van der Waals surface area contributed by atoms with E-state index in [9.17, 15) is 13.6 Å². The monoisotopic (exact) mass is 559 g/mol. The molecule has 5 nitrogen and oxygen atoms in total. The molecule has 2 heterocycles. The van der Waals surface area contributed by atoms with Gasteiger partial charge in [-0.15, -0.1) is 0 Å². The van der Waals surface area contributed by atoms with E-state index in [4.69, 9.17) is 4.74 Å².